The fourth-order valence-electron chi connectivity index (χ4n) is 2.53. The van der Waals surface area contributed by atoms with Crippen LogP contribution in [0.25, 0.3) is 0 Å². The molecule has 6 nitrogen and oxygen atoms in total. The summed E-state index contributed by atoms with van der Waals surface area (Å²) in [6.45, 7) is 2.83. The Balaban J connectivity index is 1.62. The number of hydrogen-bond acceptors (Lipinski definition) is 4. The summed E-state index contributed by atoms with van der Waals surface area (Å²) in [5.41, 5.74) is 0. The third-order valence-electron chi connectivity index (χ3n) is 3.52. The maximum atomic E-state index is 12.2. The maximum Gasteiger partial charge on any atom is 0.228 e. The van der Waals surface area contributed by atoms with Gasteiger partial charge in [0.2, 0.25) is 5.91 Å². The average molecular weight is 236 g/mol. The molecular formula is C11H16N4O2. The first kappa shape index (κ1) is 10.7. The van der Waals surface area contributed by atoms with Crippen molar-refractivity contribution in [2.24, 2.45) is 5.92 Å². The quantitative estimate of drug-likeness (QED) is 0.730. The second-order valence-corrected chi connectivity index (χ2v) is 4.64. The SMILES string of the molecule is O=C(C1CCOC1)N1CCC(n2nccn2)C1. The predicted octanol–water partition coefficient (Wildman–Crippen LogP) is 0.0880. The molecule has 6 heteroatoms. The van der Waals surface area contributed by atoms with Gasteiger partial charge in [-0.1, -0.05) is 0 Å². The molecule has 0 aromatic carbocycles. The van der Waals surface area contributed by atoms with E-state index in [1.165, 1.54) is 0 Å². The largest absolute Gasteiger partial charge is 0.381 e. The highest BCUT2D eigenvalue weighted by Gasteiger charge is 2.33. The Labute approximate surface area is 99.5 Å². The monoisotopic (exact) mass is 236 g/mol. The molecule has 17 heavy (non-hydrogen) atoms. The lowest BCUT2D eigenvalue weighted by molar-refractivity contribution is -0.134. The van der Waals surface area contributed by atoms with E-state index < -0.39 is 0 Å². The van der Waals surface area contributed by atoms with Crippen LogP contribution in [0, 0.1) is 5.92 Å². The molecule has 0 N–H and O–H groups in total. The van der Waals surface area contributed by atoms with Crippen molar-refractivity contribution in [3.05, 3.63) is 12.4 Å². The molecule has 1 aromatic heterocycles. The lowest BCUT2D eigenvalue weighted by atomic mass is 10.1. The standard InChI is InChI=1S/C11H16N4O2/c16-11(9-2-6-17-8-9)14-5-1-10(7-14)15-12-3-4-13-15/h3-4,9-10H,1-2,5-8H2. The van der Waals surface area contributed by atoms with Crippen LogP contribution in [0.5, 0.6) is 0 Å². The number of hydrogen-bond donors (Lipinski definition) is 0. The van der Waals surface area contributed by atoms with E-state index in [0.717, 1.165) is 25.9 Å². The summed E-state index contributed by atoms with van der Waals surface area (Å²) in [5.74, 6) is 0.302. The van der Waals surface area contributed by atoms with Crippen LogP contribution < -0.4 is 0 Å². The fourth-order valence-corrected chi connectivity index (χ4v) is 2.53. The van der Waals surface area contributed by atoms with E-state index in [1.807, 2.05) is 4.90 Å². The van der Waals surface area contributed by atoms with E-state index in [4.69, 9.17) is 4.74 Å². The van der Waals surface area contributed by atoms with E-state index in [2.05, 4.69) is 10.2 Å². The maximum absolute atomic E-state index is 12.2. The molecule has 2 fully saturated rings. The Hall–Kier alpha value is -1.43. The molecule has 0 aliphatic carbocycles. The first-order valence-corrected chi connectivity index (χ1v) is 6.07. The summed E-state index contributed by atoms with van der Waals surface area (Å²) < 4.78 is 5.26. The van der Waals surface area contributed by atoms with Gasteiger partial charge in [0.25, 0.3) is 0 Å². The molecule has 3 heterocycles. The minimum atomic E-state index is 0.0688. The van der Waals surface area contributed by atoms with Crippen LogP contribution in [0.2, 0.25) is 0 Å². The lowest BCUT2D eigenvalue weighted by Gasteiger charge is -2.19. The van der Waals surface area contributed by atoms with E-state index in [1.54, 1.807) is 17.2 Å². The number of likely N-dealkylation sites (tertiary alicyclic amines) is 1. The van der Waals surface area contributed by atoms with E-state index in [9.17, 15) is 4.79 Å². The van der Waals surface area contributed by atoms with Gasteiger partial charge in [0.15, 0.2) is 0 Å². The van der Waals surface area contributed by atoms with Crippen LogP contribution in [0.15, 0.2) is 12.4 Å². The third-order valence-corrected chi connectivity index (χ3v) is 3.52. The van der Waals surface area contributed by atoms with Crippen LogP contribution >= 0.6 is 0 Å². The van der Waals surface area contributed by atoms with E-state index in [-0.39, 0.29) is 17.9 Å². The van der Waals surface area contributed by atoms with Crippen LogP contribution in [-0.4, -0.2) is 52.1 Å². The van der Waals surface area contributed by atoms with Gasteiger partial charge in [-0.15, -0.1) is 0 Å². The number of carbonyl (C=O) groups excluding carboxylic acids is 1. The molecule has 0 spiro atoms. The van der Waals surface area contributed by atoms with Crippen molar-refractivity contribution in [3.8, 4) is 0 Å². The number of ether oxygens (including phenoxy) is 1. The van der Waals surface area contributed by atoms with Gasteiger partial charge in [-0.05, 0) is 12.8 Å². The molecule has 2 unspecified atom stereocenters. The summed E-state index contributed by atoms with van der Waals surface area (Å²) >= 11 is 0. The van der Waals surface area contributed by atoms with Crippen LogP contribution in [-0.2, 0) is 9.53 Å². The minimum Gasteiger partial charge on any atom is -0.381 e. The minimum absolute atomic E-state index is 0.0688. The predicted molar refractivity (Wildman–Crippen MR) is 59.2 cm³/mol. The summed E-state index contributed by atoms with van der Waals surface area (Å²) in [4.78, 5) is 15.8. The number of carbonyl (C=O) groups is 1. The summed E-state index contributed by atoms with van der Waals surface area (Å²) in [5, 5.41) is 8.26. The number of aromatic nitrogens is 3. The van der Waals surface area contributed by atoms with E-state index in [0.29, 0.717) is 13.2 Å². The van der Waals surface area contributed by atoms with Gasteiger partial charge >= 0.3 is 0 Å². The highest BCUT2D eigenvalue weighted by atomic mass is 16.5. The molecule has 2 aliphatic rings. The number of nitrogens with zero attached hydrogens (tertiary/aromatic N) is 4. The summed E-state index contributed by atoms with van der Waals surface area (Å²) in [6.07, 6.45) is 5.15. The molecule has 0 saturated carbocycles. The summed E-state index contributed by atoms with van der Waals surface area (Å²) in [6, 6.07) is 0.233. The lowest BCUT2D eigenvalue weighted by Crippen LogP contribution is -2.35. The summed E-state index contributed by atoms with van der Waals surface area (Å²) in [7, 11) is 0. The van der Waals surface area contributed by atoms with Crippen LogP contribution in [0.1, 0.15) is 18.9 Å². The Bertz CT molecular complexity index is 386. The second-order valence-electron chi connectivity index (χ2n) is 4.64. The average Bonchev–Trinajstić information content (AvgIpc) is 3.09. The molecule has 92 valence electrons. The number of amides is 1. The molecule has 0 radical (unpaired) electrons. The molecular weight excluding hydrogens is 220 g/mol. The van der Waals surface area contributed by atoms with Crippen molar-refractivity contribution in [1.82, 2.24) is 19.9 Å². The zero-order chi connectivity index (χ0) is 11.7. The second kappa shape index (κ2) is 4.44. The number of rotatable bonds is 2. The van der Waals surface area contributed by atoms with Gasteiger partial charge in [-0.2, -0.15) is 15.0 Å². The molecule has 2 atom stereocenters. The van der Waals surface area contributed by atoms with Crippen molar-refractivity contribution in [1.29, 1.82) is 0 Å². The van der Waals surface area contributed by atoms with Crippen molar-refractivity contribution in [2.75, 3.05) is 26.3 Å². The Morgan fingerprint density at radius 1 is 1.29 bits per heavy atom. The fraction of sp³-hybridized carbons (Fsp3) is 0.727. The van der Waals surface area contributed by atoms with Crippen molar-refractivity contribution in [3.63, 3.8) is 0 Å². The van der Waals surface area contributed by atoms with Gasteiger partial charge in [0.05, 0.1) is 31.0 Å². The van der Waals surface area contributed by atoms with Gasteiger partial charge in [-0.3, -0.25) is 4.79 Å². The van der Waals surface area contributed by atoms with Gasteiger partial charge in [0.1, 0.15) is 0 Å². The molecule has 2 aliphatic heterocycles. The zero-order valence-corrected chi connectivity index (χ0v) is 9.66. The van der Waals surface area contributed by atoms with Gasteiger partial charge in [-0.25, -0.2) is 0 Å². The molecule has 1 aromatic rings. The van der Waals surface area contributed by atoms with Crippen LogP contribution in [0.3, 0.4) is 0 Å². The molecule has 0 bridgehead atoms. The topological polar surface area (TPSA) is 60.2 Å². The molecule has 2 saturated heterocycles. The van der Waals surface area contributed by atoms with Gasteiger partial charge < -0.3 is 9.64 Å². The Morgan fingerprint density at radius 2 is 2.12 bits per heavy atom. The highest BCUT2D eigenvalue weighted by Crippen LogP contribution is 2.23. The third kappa shape index (κ3) is 2.04. The molecule has 3 rings (SSSR count). The van der Waals surface area contributed by atoms with Crippen molar-refractivity contribution in [2.45, 2.75) is 18.9 Å². The molecule has 1 amide bonds. The first-order valence-electron chi connectivity index (χ1n) is 6.07. The Morgan fingerprint density at radius 3 is 2.82 bits per heavy atom. The van der Waals surface area contributed by atoms with Crippen molar-refractivity contribution < 1.29 is 9.53 Å². The van der Waals surface area contributed by atoms with Crippen molar-refractivity contribution >= 4 is 5.91 Å². The zero-order valence-electron chi connectivity index (χ0n) is 9.66. The highest BCUT2D eigenvalue weighted by molar-refractivity contribution is 5.79. The normalized spacial score (nSPS) is 28.8. The van der Waals surface area contributed by atoms with Gasteiger partial charge in [0, 0.05) is 19.7 Å². The Kier molecular flexibility index (Phi) is 2.80. The first-order chi connectivity index (χ1) is 8.34. The van der Waals surface area contributed by atoms with E-state index >= 15 is 0 Å². The van der Waals surface area contributed by atoms with Crippen LogP contribution in [0.4, 0.5) is 0 Å². The smallest absolute Gasteiger partial charge is 0.228 e.